The van der Waals surface area contributed by atoms with E-state index in [2.05, 4.69) is 0 Å². The monoisotopic (exact) mass is 198 g/mol. The molecule has 0 aliphatic heterocycles. The van der Waals surface area contributed by atoms with Gasteiger partial charge in [-0.3, -0.25) is 0 Å². The van der Waals surface area contributed by atoms with E-state index in [0.29, 0.717) is 0 Å². The standard InChI is InChI=1S/Fe.Li.H3O4P.2H2O.H/c;;1-5(2,3)4;;;/h;;(H3,1,2,3,4);2*1H2;/q;+1;;;;-1. The van der Waals surface area contributed by atoms with E-state index < -0.39 is 7.82 Å². The van der Waals surface area contributed by atoms with E-state index >= 15 is 0 Å². The average molecular weight is 198 g/mol. The predicted octanol–water partition coefficient (Wildman–Crippen LogP) is -5.46. The molecule has 0 aliphatic rings. The van der Waals surface area contributed by atoms with Crippen molar-refractivity contribution in [3.8, 4) is 0 Å². The Labute approximate surface area is 75.6 Å². The molecule has 0 heterocycles. The molecule has 0 fully saturated rings. The van der Waals surface area contributed by atoms with Crippen molar-refractivity contribution in [2.24, 2.45) is 0 Å². The van der Waals surface area contributed by atoms with E-state index in [1.165, 1.54) is 0 Å². The number of phosphoric acid groups is 1. The van der Waals surface area contributed by atoms with E-state index in [-0.39, 0.29) is 48.3 Å². The van der Waals surface area contributed by atoms with Crippen LogP contribution in [-0.4, -0.2) is 25.6 Å². The largest absolute Gasteiger partial charge is 1.00 e. The molecule has 0 amide bonds. The van der Waals surface area contributed by atoms with Crippen molar-refractivity contribution in [1.82, 2.24) is 0 Å². The van der Waals surface area contributed by atoms with Gasteiger partial charge in [-0.25, -0.2) is 4.57 Å². The summed E-state index contributed by atoms with van der Waals surface area (Å²) in [6.07, 6.45) is 0. The van der Waals surface area contributed by atoms with E-state index in [4.69, 9.17) is 19.2 Å². The van der Waals surface area contributed by atoms with Gasteiger partial charge in [0.1, 0.15) is 0 Å². The molecule has 58 valence electrons. The van der Waals surface area contributed by atoms with Gasteiger partial charge in [-0.15, -0.1) is 0 Å². The third kappa shape index (κ3) is 355. The second-order valence-electron chi connectivity index (χ2n) is 0.513. The summed E-state index contributed by atoms with van der Waals surface area (Å²) in [4.78, 5) is 21.6. The zero-order valence-corrected chi connectivity index (χ0v) is 6.55. The molecule has 0 saturated carbocycles. The van der Waals surface area contributed by atoms with E-state index in [9.17, 15) is 0 Å². The normalized spacial score (nSPS) is 6.56. The van der Waals surface area contributed by atoms with Crippen molar-refractivity contribution in [3.05, 3.63) is 0 Å². The van der Waals surface area contributed by atoms with Crippen molar-refractivity contribution in [3.63, 3.8) is 0 Å². The van der Waals surface area contributed by atoms with Crippen LogP contribution in [0, 0.1) is 0 Å². The van der Waals surface area contributed by atoms with Gasteiger partial charge in [0.15, 0.2) is 0 Å². The first-order valence-electron chi connectivity index (χ1n) is 0.783. The van der Waals surface area contributed by atoms with Crippen LogP contribution in [0.25, 0.3) is 0 Å². The molecule has 9 heavy (non-hydrogen) atoms. The second-order valence-corrected chi connectivity index (χ2v) is 1.54. The van der Waals surface area contributed by atoms with Crippen LogP contribution in [0.15, 0.2) is 0 Å². The molecule has 0 bridgehead atoms. The Balaban J connectivity index is -0.00000000800. The Bertz CT molecular complexity index is 63.9. The minimum absolute atomic E-state index is 0. The van der Waals surface area contributed by atoms with Crippen LogP contribution in [0.4, 0.5) is 0 Å². The quantitative estimate of drug-likeness (QED) is 0.263. The van der Waals surface area contributed by atoms with Crippen molar-refractivity contribution >= 4 is 7.82 Å². The maximum absolute atomic E-state index is 8.88. The van der Waals surface area contributed by atoms with E-state index in [1.807, 2.05) is 0 Å². The molecule has 0 spiro atoms. The van der Waals surface area contributed by atoms with Crippen LogP contribution in [0.1, 0.15) is 1.43 Å². The first-order chi connectivity index (χ1) is 2.00. The van der Waals surface area contributed by atoms with Gasteiger partial charge in [0.05, 0.1) is 0 Å². The fourth-order valence-electron chi connectivity index (χ4n) is 0. The summed E-state index contributed by atoms with van der Waals surface area (Å²) >= 11 is 0. The summed E-state index contributed by atoms with van der Waals surface area (Å²) in [5.74, 6) is 0. The molecule has 0 unspecified atom stereocenters. The first-order valence-corrected chi connectivity index (χ1v) is 2.35. The molecule has 7 N–H and O–H groups in total. The van der Waals surface area contributed by atoms with Crippen LogP contribution >= 0.6 is 7.82 Å². The van der Waals surface area contributed by atoms with E-state index in [1.54, 1.807) is 0 Å². The molecule has 0 rings (SSSR count). The van der Waals surface area contributed by atoms with Crippen molar-refractivity contribution in [1.29, 1.82) is 0 Å². The molecule has 0 aromatic carbocycles. The van der Waals surface area contributed by atoms with Crippen molar-refractivity contribution in [2.75, 3.05) is 0 Å². The molecule has 0 atom stereocenters. The fraction of sp³-hybridized carbons (Fsp3) is 0. The Kier molecular flexibility index (Phi) is 42.3. The summed E-state index contributed by atoms with van der Waals surface area (Å²) in [6, 6.07) is 0. The van der Waals surface area contributed by atoms with Gasteiger partial charge in [0, 0.05) is 17.1 Å². The Morgan fingerprint density at radius 1 is 1.11 bits per heavy atom. The Morgan fingerprint density at radius 2 is 1.11 bits per heavy atom. The van der Waals surface area contributed by atoms with Gasteiger partial charge >= 0.3 is 26.7 Å². The molecule has 0 aromatic heterocycles. The molecule has 0 aliphatic carbocycles. The maximum Gasteiger partial charge on any atom is 1.00 e. The third-order valence-electron chi connectivity index (χ3n) is 0. The molecular formula is H8FeLiO6P. The number of hydrogen-bond acceptors (Lipinski definition) is 1. The van der Waals surface area contributed by atoms with Crippen molar-refractivity contribution < 1.29 is 67.6 Å². The minimum Gasteiger partial charge on any atom is -1.00 e. The maximum atomic E-state index is 8.88. The van der Waals surface area contributed by atoms with Gasteiger partial charge in [-0.05, 0) is 0 Å². The number of rotatable bonds is 0. The Morgan fingerprint density at radius 3 is 1.11 bits per heavy atom. The molecule has 6 nitrogen and oxygen atoms in total. The van der Waals surface area contributed by atoms with Crippen LogP contribution in [0.2, 0.25) is 0 Å². The first kappa shape index (κ1) is 32.0. The van der Waals surface area contributed by atoms with Crippen LogP contribution in [0.3, 0.4) is 0 Å². The Hall–Kier alpha value is 1.15. The smallest absolute Gasteiger partial charge is 1.00 e. The molecule has 0 aromatic rings. The third-order valence-corrected chi connectivity index (χ3v) is 0. The zero-order chi connectivity index (χ0) is 4.50. The minimum atomic E-state index is -4.64. The van der Waals surface area contributed by atoms with Crippen LogP contribution < -0.4 is 18.9 Å². The second kappa shape index (κ2) is 11.9. The van der Waals surface area contributed by atoms with Gasteiger partial charge in [0.2, 0.25) is 0 Å². The predicted molar refractivity (Wildman–Crippen MR) is 22.6 cm³/mol. The van der Waals surface area contributed by atoms with E-state index in [0.717, 1.165) is 0 Å². The summed E-state index contributed by atoms with van der Waals surface area (Å²) in [5, 5.41) is 0. The molecule has 0 radical (unpaired) electrons. The molecule has 9 heteroatoms. The SMILES string of the molecule is O.O.O=P(O)(O)O.[Fe].[H-].[Li+]. The van der Waals surface area contributed by atoms with Crippen LogP contribution in [0.5, 0.6) is 0 Å². The molecular weight excluding hydrogens is 190 g/mol. The van der Waals surface area contributed by atoms with Gasteiger partial charge in [-0.1, -0.05) is 0 Å². The average Bonchev–Trinajstić information content (AvgIpc) is 0.722. The van der Waals surface area contributed by atoms with Crippen molar-refractivity contribution in [2.45, 2.75) is 0 Å². The summed E-state index contributed by atoms with van der Waals surface area (Å²) in [7, 11) is -4.64. The summed E-state index contributed by atoms with van der Waals surface area (Å²) in [6.45, 7) is 0. The van der Waals surface area contributed by atoms with Gasteiger partial charge < -0.3 is 27.1 Å². The van der Waals surface area contributed by atoms with Crippen LogP contribution in [-0.2, 0) is 21.6 Å². The van der Waals surface area contributed by atoms with Gasteiger partial charge in [-0.2, -0.15) is 0 Å². The zero-order valence-electron chi connectivity index (χ0n) is 5.55. The number of hydrogen-bond donors (Lipinski definition) is 3. The fourth-order valence-corrected chi connectivity index (χ4v) is 0. The summed E-state index contributed by atoms with van der Waals surface area (Å²) in [5.41, 5.74) is 0. The van der Waals surface area contributed by atoms with Gasteiger partial charge in [0.25, 0.3) is 0 Å². The molecule has 0 saturated heterocycles. The topological polar surface area (TPSA) is 141 Å². The summed E-state index contributed by atoms with van der Waals surface area (Å²) < 4.78 is 8.88.